The highest BCUT2D eigenvalue weighted by Gasteiger charge is 2.31. The fraction of sp³-hybridized carbons (Fsp3) is 0.348. The van der Waals surface area contributed by atoms with Gasteiger partial charge in [-0.3, -0.25) is 19.7 Å². The topological polar surface area (TPSA) is 141 Å². The summed E-state index contributed by atoms with van der Waals surface area (Å²) in [6.45, 7) is 4.52. The van der Waals surface area contributed by atoms with E-state index >= 15 is 0 Å². The van der Waals surface area contributed by atoms with E-state index in [1.54, 1.807) is 38.9 Å². The highest BCUT2D eigenvalue weighted by molar-refractivity contribution is 6.37. The molecule has 2 aliphatic heterocycles. The minimum absolute atomic E-state index is 0.0704. The van der Waals surface area contributed by atoms with Gasteiger partial charge in [-0.1, -0.05) is 11.6 Å². The molecule has 4 rings (SSSR count). The van der Waals surface area contributed by atoms with Crippen LogP contribution in [0.1, 0.15) is 39.3 Å². The highest BCUT2D eigenvalue weighted by atomic mass is 35.5. The van der Waals surface area contributed by atoms with Gasteiger partial charge in [0, 0.05) is 56.2 Å². The number of nitro groups is 1. The van der Waals surface area contributed by atoms with Gasteiger partial charge in [0.2, 0.25) is 0 Å². The Labute approximate surface area is 206 Å². The van der Waals surface area contributed by atoms with Gasteiger partial charge in [0.05, 0.1) is 21.7 Å². The Morgan fingerprint density at radius 3 is 2.69 bits per heavy atom. The Hall–Kier alpha value is -3.86. The van der Waals surface area contributed by atoms with E-state index in [1.807, 2.05) is 0 Å². The number of carbonyl (C=O) groups excluding carboxylic acids is 3. The minimum Gasteiger partial charge on any atom is -0.358 e. The predicted octanol–water partition coefficient (Wildman–Crippen LogP) is 3.17. The van der Waals surface area contributed by atoms with E-state index < -0.39 is 10.8 Å². The summed E-state index contributed by atoms with van der Waals surface area (Å²) < 4.78 is 0. The normalized spacial score (nSPS) is 18.0. The second kappa shape index (κ2) is 9.06. The van der Waals surface area contributed by atoms with Gasteiger partial charge in [-0.15, -0.1) is 0 Å². The van der Waals surface area contributed by atoms with Crippen LogP contribution < -0.4 is 10.6 Å². The first-order valence-corrected chi connectivity index (χ1v) is 11.3. The Bertz CT molecular complexity index is 1300. The third-order valence-electron chi connectivity index (χ3n) is 6.24. The molecule has 1 fully saturated rings. The molecular weight excluding hydrogens is 476 g/mol. The Balaban J connectivity index is 1.59. The van der Waals surface area contributed by atoms with Gasteiger partial charge in [-0.05, 0) is 38.0 Å². The van der Waals surface area contributed by atoms with E-state index in [0.29, 0.717) is 53.3 Å². The number of anilines is 1. The van der Waals surface area contributed by atoms with Crippen LogP contribution in [0.5, 0.6) is 0 Å². The molecule has 0 saturated carbocycles. The number of aromatic amines is 1. The first kappa shape index (κ1) is 24.3. The van der Waals surface area contributed by atoms with Crippen molar-refractivity contribution in [2.75, 3.05) is 32.5 Å². The quantitative estimate of drug-likeness (QED) is 0.336. The van der Waals surface area contributed by atoms with Crippen LogP contribution in [0.3, 0.4) is 0 Å². The molecule has 1 saturated heterocycles. The highest BCUT2D eigenvalue weighted by Crippen LogP contribution is 2.40. The molecule has 1 aromatic carbocycles. The number of H-pyrrole nitrogens is 1. The number of nitro benzene ring substituents is 1. The number of halogens is 1. The molecule has 1 aromatic heterocycles. The summed E-state index contributed by atoms with van der Waals surface area (Å²) in [5.41, 5.74) is 2.92. The fourth-order valence-electron chi connectivity index (χ4n) is 4.48. The average Bonchev–Trinajstić information content (AvgIpc) is 3.43. The number of fused-ring (bicyclic) bond motifs is 1. The number of aryl methyl sites for hydroxylation is 1. The van der Waals surface area contributed by atoms with Crippen LogP contribution in [0.2, 0.25) is 5.02 Å². The van der Waals surface area contributed by atoms with Gasteiger partial charge in [0.1, 0.15) is 5.02 Å². The maximum atomic E-state index is 13.1. The molecule has 11 nitrogen and oxygen atoms in total. The lowest BCUT2D eigenvalue weighted by Gasteiger charge is -2.21. The number of rotatable bonds is 4. The van der Waals surface area contributed by atoms with E-state index in [4.69, 9.17) is 11.6 Å². The van der Waals surface area contributed by atoms with Crippen molar-refractivity contribution in [1.82, 2.24) is 20.1 Å². The lowest BCUT2D eigenvalue weighted by molar-refractivity contribution is -0.384. The summed E-state index contributed by atoms with van der Waals surface area (Å²) in [6, 6.07) is 2.35. The third kappa shape index (κ3) is 4.46. The Morgan fingerprint density at radius 2 is 2.03 bits per heavy atom. The van der Waals surface area contributed by atoms with Crippen LogP contribution in [-0.2, 0) is 4.79 Å². The predicted molar refractivity (Wildman–Crippen MR) is 131 cm³/mol. The van der Waals surface area contributed by atoms with E-state index in [-0.39, 0.29) is 34.3 Å². The van der Waals surface area contributed by atoms with Crippen LogP contribution in [0.4, 0.5) is 16.2 Å². The van der Waals surface area contributed by atoms with E-state index in [1.165, 1.54) is 17.0 Å². The van der Waals surface area contributed by atoms with Crippen molar-refractivity contribution in [2.45, 2.75) is 26.3 Å². The van der Waals surface area contributed by atoms with Crippen molar-refractivity contribution in [1.29, 1.82) is 0 Å². The van der Waals surface area contributed by atoms with Gasteiger partial charge >= 0.3 is 6.03 Å². The lowest BCUT2D eigenvalue weighted by Crippen LogP contribution is -2.41. The van der Waals surface area contributed by atoms with Crippen LogP contribution in [0, 0.1) is 24.0 Å². The van der Waals surface area contributed by atoms with Crippen molar-refractivity contribution in [3.05, 3.63) is 55.3 Å². The van der Waals surface area contributed by atoms with Crippen molar-refractivity contribution in [2.24, 2.45) is 0 Å². The van der Waals surface area contributed by atoms with E-state index in [0.717, 1.165) is 0 Å². The molecular formula is C23H25ClN6O5. The first-order valence-electron chi connectivity index (χ1n) is 11.0. The number of likely N-dealkylation sites (tertiary alicyclic amines) is 1. The molecule has 35 heavy (non-hydrogen) atoms. The number of hydrogen-bond acceptors (Lipinski definition) is 5. The zero-order valence-corrected chi connectivity index (χ0v) is 20.4. The molecule has 0 bridgehead atoms. The van der Waals surface area contributed by atoms with Crippen molar-refractivity contribution >= 4 is 52.5 Å². The van der Waals surface area contributed by atoms with Gasteiger partial charge in [0.25, 0.3) is 17.5 Å². The molecule has 3 heterocycles. The first-order chi connectivity index (χ1) is 16.5. The second-order valence-corrected chi connectivity index (χ2v) is 9.27. The summed E-state index contributed by atoms with van der Waals surface area (Å²) >= 11 is 5.97. The van der Waals surface area contributed by atoms with E-state index in [9.17, 15) is 24.5 Å². The number of nitrogens with zero attached hydrogens (tertiary/aromatic N) is 3. The number of amides is 4. The molecule has 1 atom stereocenters. The zero-order chi connectivity index (χ0) is 25.6. The SMILES string of the molecule is Cc1[nH]c(/C=C2\C(=O)Nc3cc(Cl)c([N+](=O)[O-])cc32)c(C)c1C(=O)N[C@H]1CCN(C(=O)N(C)C)C1. The van der Waals surface area contributed by atoms with Gasteiger partial charge in [-0.25, -0.2) is 4.79 Å². The fourth-order valence-corrected chi connectivity index (χ4v) is 4.71. The largest absolute Gasteiger partial charge is 0.358 e. The number of aromatic nitrogens is 1. The molecule has 0 unspecified atom stereocenters. The smallest absolute Gasteiger partial charge is 0.319 e. The molecule has 3 N–H and O–H groups in total. The maximum Gasteiger partial charge on any atom is 0.319 e. The van der Waals surface area contributed by atoms with Crippen LogP contribution >= 0.6 is 11.6 Å². The van der Waals surface area contributed by atoms with Crippen molar-refractivity contribution < 1.29 is 19.3 Å². The van der Waals surface area contributed by atoms with Crippen LogP contribution in [-0.4, -0.2) is 70.8 Å². The molecule has 184 valence electrons. The Kier molecular flexibility index (Phi) is 6.28. The average molecular weight is 501 g/mol. The van der Waals surface area contributed by atoms with Crippen molar-refractivity contribution in [3.8, 4) is 0 Å². The molecule has 12 heteroatoms. The van der Waals surface area contributed by atoms with Crippen LogP contribution in [0.25, 0.3) is 11.6 Å². The van der Waals surface area contributed by atoms with Crippen LogP contribution in [0.15, 0.2) is 12.1 Å². The molecule has 4 amide bonds. The summed E-state index contributed by atoms with van der Waals surface area (Å²) in [6.07, 6.45) is 2.23. The maximum absolute atomic E-state index is 13.1. The van der Waals surface area contributed by atoms with Gasteiger partial charge in [0.15, 0.2) is 0 Å². The number of urea groups is 1. The monoisotopic (exact) mass is 500 g/mol. The number of carbonyl (C=O) groups is 3. The summed E-state index contributed by atoms with van der Waals surface area (Å²) in [5, 5.41) is 16.9. The molecule has 0 spiro atoms. The van der Waals surface area contributed by atoms with Gasteiger partial charge in [-0.2, -0.15) is 0 Å². The number of benzene rings is 1. The summed E-state index contributed by atoms with van der Waals surface area (Å²) in [5.74, 6) is -0.699. The minimum atomic E-state index is -0.605. The summed E-state index contributed by atoms with van der Waals surface area (Å²) in [4.78, 5) is 54.9. The molecule has 0 aliphatic carbocycles. The lowest BCUT2D eigenvalue weighted by atomic mass is 10.0. The number of hydrogen-bond donors (Lipinski definition) is 3. The molecule has 0 radical (unpaired) electrons. The van der Waals surface area contributed by atoms with E-state index in [2.05, 4.69) is 15.6 Å². The van der Waals surface area contributed by atoms with Gasteiger partial charge < -0.3 is 25.4 Å². The number of nitrogens with one attached hydrogen (secondary N) is 3. The second-order valence-electron chi connectivity index (χ2n) is 8.86. The summed E-state index contributed by atoms with van der Waals surface area (Å²) in [7, 11) is 3.37. The molecule has 2 aromatic rings. The Morgan fingerprint density at radius 1 is 1.31 bits per heavy atom. The van der Waals surface area contributed by atoms with Crippen molar-refractivity contribution in [3.63, 3.8) is 0 Å². The zero-order valence-electron chi connectivity index (χ0n) is 19.7. The third-order valence-corrected chi connectivity index (χ3v) is 6.54. The molecule has 2 aliphatic rings. The standard InChI is InChI=1S/C23H25ClN6O5/c1-11-17(7-15-14-8-19(30(34)35)16(24)9-18(14)27-21(15)31)25-12(2)20(11)22(32)26-13-5-6-29(10-13)23(33)28(3)4/h7-9,13,25H,5-6,10H2,1-4H3,(H,26,32)(H,27,31)/b15-7-/t13-/m0/s1.